The van der Waals surface area contributed by atoms with E-state index in [1.54, 1.807) is 4.68 Å². The summed E-state index contributed by atoms with van der Waals surface area (Å²) in [7, 11) is 1.89. The number of rotatable bonds is 3. The molecule has 2 aromatic rings. The maximum Gasteiger partial charge on any atom is 0.250 e. The standard InChI is InChI=1S/C24H27FN6O/c1-6-24(15-9-7-8-14(10-15)16-12-31(5)30-13(16)2)18-17(11-23(3,4)27-22(18)32)26-21-19(24)20(25)28-29-21/h7-10,12,21,26H,6,11H2,1-5H3,(H,27,32)/t21?,24-/m1/s1. The number of carbonyl (C=O) groups excluding carboxylic acids is 1. The van der Waals surface area contributed by atoms with Gasteiger partial charge in [0.05, 0.1) is 16.7 Å². The van der Waals surface area contributed by atoms with Crippen molar-refractivity contribution in [2.24, 2.45) is 17.3 Å². The summed E-state index contributed by atoms with van der Waals surface area (Å²) in [6, 6.07) is 7.99. The van der Waals surface area contributed by atoms with E-state index in [4.69, 9.17) is 0 Å². The van der Waals surface area contributed by atoms with Gasteiger partial charge in [0.1, 0.15) is 0 Å². The van der Waals surface area contributed by atoms with Crippen molar-refractivity contribution in [1.82, 2.24) is 20.4 Å². The van der Waals surface area contributed by atoms with E-state index in [1.165, 1.54) is 0 Å². The molecule has 2 atom stereocenters. The molecule has 32 heavy (non-hydrogen) atoms. The van der Waals surface area contributed by atoms with Crippen LogP contribution in [0.5, 0.6) is 0 Å². The van der Waals surface area contributed by atoms with Gasteiger partial charge in [-0.25, -0.2) is 0 Å². The van der Waals surface area contributed by atoms with E-state index in [0.717, 1.165) is 28.1 Å². The lowest BCUT2D eigenvalue weighted by Gasteiger charge is -2.48. The maximum absolute atomic E-state index is 15.2. The fourth-order valence-electron chi connectivity index (χ4n) is 5.51. The number of halogens is 1. The number of carbonyl (C=O) groups is 1. The molecule has 2 N–H and O–H groups in total. The van der Waals surface area contributed by atoms with Crippen LogP contribution in [0.2, 0.25) is 0 Å². The molecule has 0 bridgehead atoms. The zero-order valence-corrected chi connectivity index (χ0v) is 19.0. The second kappa shape index (κ2) is 6.85. The quantitative estimate of drug-likeness (QED) is 0.711. The Morgan fingerprint density at radius 1 is 1.31 bits per heavy atom. The Hall–Kier alpha value is -3.29. The third kappa shape index (κ3) is 2.85. The number of nitrogens with zero attached hydrogens (tertiary/aromatic N) is 4. The first kappa shape index (κ1) is 20.6. The van der Waals surface area contributed by atoms with Crippen molar-refractivity contribution in [2.75, 3.05) is 0 Å². The predicted molar refractivity (Wildman–Crippen MR) is 119 cm³/mol. The van der Waals surface area contributed by atoms with Gasteiger partial charge in [0.15, 0.2) is 6.17 Å². The van der Waals surface area contributed by atoms with E-state index in [9.17, 15) is 4.79 Å². The third-order valence-corrected chi connectivity index (χ3v) is 6.76. The van der Waals surface area contributed by atoms with Gasteiger partial charge in [0.25, 0.3) is 5.91 Å². The van der Waals surface area contributed by atoms with Crippen LogP contribution < -0.4 is 10.6 Å². The molecule has 1 aromatic carbocycles. The molecule has 3 aliphatic rings. The molecule has 0 saturated heterocycles. The highest BCUT2D eigenvalue weighted by molar-refractivity contribution is 6.00. The molecule has 7 nitrogen and oxygen atoms in total. The van der Waals surface area contributed by atoms with Crippen LogP contribution in [0.25, 0.3) is 11.1 Å². The van der Waals surface area contributed by atoms with E-state index < -0.39 is 23.1 Å². The zero-order chi connectivity index (χ0) is 22.8. The van der Waals surface area contributed by atoms with Gasteiger partial charge in [0, 0.05) is 42.0 Å². The molecule has 5 rings (SSSR count). The van der Waals surface area contributed by atoms with Gasteiger partial charge in [-0.1, -0.05) is 25.1 Å². The molecule has 1 aromatic heterocycles. The molecule has 1 unspecified atom stereocenters. The van der Waals surface area contributed by atoms with E-state index in [1.807, 2.05) is 65.2 Å². The van der Waals surface area contributed by atoms with Gasteiger partial charge in [-0.3, -0.25) is 9.48 Å². The number of fused-ring (bicyclic) bond motifs is 1. The van der Waals surface area contributed by atoms with Gasteiger partial charge in [-0.2, -0.15) is 14.6 Å². The van der Waals surface area contributed by atoms with Crippen LogP contribution in [-0.2, 0) is 17.3 Å². The van der Waals surface area contributed by atoms with Crippen LogP contribution in [0.4, 0.5) is 4.39 Å². The minimum absolute atomic E-state index is 0.181. The topological polar surface area (TPSA) is 83.7 Å². The first-order chi connectivity index (χ1) is 15.2. The van der Waals surface area contributed by atoms with Gasteiger partial charge < -0.3 is 10.6 Å². The number of aromatic nitrogens is 2. The fourth-order valence-corrected chi connectivity index (χ4v) is 5.51. The number of amides is 1. The van der Waals surface area contributed by atoms with Crippen LogP contribution >= 0.6 is 0 Å². The van der Waals surface area contributed by atoms with Gasteiger partial charge >= 0.3 is 0 Å². The summed E-state index contributed by atoms with van der Waals surface area (Å²) in [6.07, 6.45) is 2.47. The Bertz CT molecular complexity index is 1240. The van der Waals surface area contributed by atoms with Crippen LogP contribution in [0.15, 0.2) is 63.5 Å². The SMILES string of the molecule is CC[C@@]1(c2cccc(-c3cn(C)nc3C)c2)C2=C(CC(C)(C)NC2=O)NC2N=NC(F)=C21. The number of nitrogens with one attached hydrogen (secondary N) is 2. The van der Waals surface area contributed by atoms with Crippen molar-refractivity contribution in [3.8, 4) is 11.1 Å². The van der Waals surface area contributed by atoms with Gasteiger partial charge in [-0.15, -0.1) is 5.11 Å². The second-order valence-corrected chi connectivity index (χ2v) is 9.48. The molecule has 0 saturated carbocycles. The average molecular weight is 435 g/mol. The summed E-state index contributed by atoms with van der Waals surface area (Å²) < 4.78 is 16.9. The van der Waals surface area contributed by atoms with E-state index in [-0.39, 0.29) is 5.91 Å². The van der Waals surface area contributed by atoms with E-state index >= 15 is 4.39 Å². The molecular weight excluding hydrogens is 407 g/mol. The largest absolute Gasteiger partial charge is 0.362 e. The highest BCUT2D eigenvalue weighted by Crippen LogP contribution is 2.53. The Morgan fingerprint density at radius 2 is 2.09 bits per heavy atom. The molecule has 3 aliphatic heterocycles. The lowest BCUT2D eigenvalue weighted by Crippen LogP contribution is -2.58. The zero-order valence-electron chi connectivity index (χ0n) is 19.0. The molecule has 0 spiro atoms. The lowest BCUT2D eigenvalue weighted by molar-refractivity contribution is -0.120. The number of aryl methyl sites for hydroxylation is 2. The van der Waals surface area contributed by atoms with Crippen molar-refractivity contribution >= 4 is 5.91 Å². The van der Waals surface area contributed by atoms with Crippen LogP contribution in [-0.4, -0.2) is 27.4 Å². The third-order valence-electron chi connectivity index (χ3n) is 6.76. The first-order valence-electron chi connectivity index (χ1n) is 10.9. The van der Waals surface area contributed by atoms with Crippen molar-refractivity contribution in [3.05, 3.63) is 64.5 Å². The lowest BCUT2D eigenvalue weighted by atomic mass is 9.62. The molecule has 0 aliphatic carbocycles. The van der Waals surface area contributed by atoms with Crippen molar-refractivity contribution in [3.63, 3.8) is 0 Å². The summed E-state index contributed by atoms with van der Waals surface area (Å²) in [5, 5.41) is 18.8. The Morgan fingerprint density at radius 3 is 2.78 bits per heavy atom. The smallest absolute Gasteiger partial charge is 0.250 e. The van der Waals surface area contributed by atoms with Gasteiger partial charge in [-0.05, 0) is 44.4 Å². The molecule has 166 valence electrons. The highest BCUT2D eigenvalue weighted by Gasteiger charge is 2.55. The molecule has 1 amide bonds. The molecule has 0 fully saturated rings. The minimum Gasteiger partial charge on any atom is -0.362 e. The van der Waals surface area contributed by atoms with Crippen molar-refractivity contribution in [1.29, 1.82) is 0 Å². The van der Waals surface area contributed by atoms with Crippen molar-refractivity contribution < 1.29 is 9.18 Å². The predicted octanol–water partition coefficient (Wildman–Crippen LogP) is 4.17. The van der Waals surface area contributed by atoms with Crippen LogP contribution in [0, 0.1) is 6.92 Å². The maximum atomic E-state index is 15.2. The van der Waals surface area contributed by atoms with E-state index in [0.29, 0.717) is 24.0 Å². The Balaban J connectivity index is 1.78. The number of benzene rings is 1. The average Bonchev–Trinajstić information content (AvgIpc) is 3.27. The molecule has 0 radical (unpaired) electrons. The summed E-state index contributed by atoms with van der Waals surface area (Å²) in [5.41, 5.74) is 4.15. The summed E-state index contributed by atoms with van der Waals surface area (Å²) in [4.78, 5) is 13.5. The second-order valence-electron chi connectivity index (χ2n) is 9.48. The minimum atomic E-state index is -0.967. The summed E-state index contributed by atoms with van der Waals surface area (Å²) in [5.74, 6) is -0.796. The van der Waals surface area contributed by atoms with Gasteiger partial charge in [0.2, 0.25) is 5.95 Å². The molecule has 4 heterocycles. The Kier molecular flexibility index (Phi) is 4.41. The normalized spacial score (nSPS) is 26.1. The fraction of sp³-hybridized carbons (Fsp3) is 0.417. The van der Waals surface area contributed by atoms with Crippen LogP contribution in [0.3, 0.4) is 0 Å². The Labute approximate surface area is 186 Å². The molecular formula is C24H27FN6O. The summed E-state index contributed by atoms with van der Waals surface area (Å²) in [6.45, 7) is 7.92. The summed E-state index contributed by atoms with van der Waals surface area (Å²) >= 11 is 0. The van der Waals surface area contributed by atoms with Crippen molar-refractivity contribution in [2.45, 2.75) is 57.7 Å². The van der Waals surface area contributed by atoms with Crippen LogP contribution in [0.1, 0.15) is 44.9 Å². The number of hydrogen-bond donors (Lipinski definition) is 2. The molecule has 8 heteroatoms. The number of azo groups is 1. The van der Waals surface area contributed by atoms with E-state index in [2.05, 4.69) is 26.0 Å². The highest BCUT2D eigenvalue weighted by atomic mass is 19.1. The first-order valence-corrected chi connectivity index (χ1v) is 10.9. The number of hydrogen-bond acceptors (Lipinski definition) is 5. The monoisotopic (exact) mass is 434 g/mol.